The van der Waals surface area contributed by atoms with Gasteiger partial charge in [-0.1, -0.05) is 6.92 Å². The molecule has 1 atom stereocenters. The molecule has 0 bridgehead atoms. The highest BCUT2D eigenvalue weighted by Gasteiger charge is 2.20. The Balaban J connectivity index is 2.02. The van der Waals surface area contributed by atoms with Gasteiger partial charge in [0.05, 0.1) is 12.8 Å². The predicted molar refractivity (Wildman–Crippen MR) is 81.9 cm³/mol. The summed E-state index contributed by atoms with van der Waals surface area (Å²) in [6.45, 7) is 4.19. The summed E-state index contributed by atoms with van der Waals surface area (Å²) in [7, 11) is 1.39. The van der Waals surface area contributed by atoms with E-state index in [0.29, 0.717) is 15.9 Å². The molecule has 1 saturated heterocycles. The van der Waals surface area contributed by atoms with Gasteiger partial charge in [0.1, 0.15) is 4.88 Å². The molecule has 2 heterocycles. The Morgan fingerprint density at radius 3 is 3.11 bits per heavy atom. The molecule has 0 unspecified atom stereocenters. The first-order chi connectivity index (χ1) is 9.11. The Morgan fingerprint density at radius 2 is 2.42 bits per heavy atom. The first kappa shape index (κ1) is 14.3. The fraction of sp³-hybridized carbons (Fsp3) is 0.538. The van der Waals surface area contributed by atoms with Crippen LogP contribution < -0.4 is 5.32 Å². The summed E-state index contributed by atoms with van der Waals surface area (Å²) in [4.78, 5) is 14.3. The number of anilines is 1. The molecule has 1 fully saturated rings. The van der Waals surface area contributed by atoms with Crippen LogP contribution in [0.3, 0.4) is 0 Å². The van der Waals surface area contributed by atoms with Gasteiger partial charge in [0, 0.05) is 13.1 Å². The molecule has 1 aliphatic rings. The minimum atomic E-state index is -0.327. The third-order valence-electron chi connectivity index (χ3n) is 3.22. The van der Waals surface area contributed by atoms with E-state index in [1.165, 1.54) is 24.9 Å². The van der Waals surface area contributed by atoms with Crippen molar-refractivity contribution in [1.82, 2.24) is 4.90 Å². The van der Waals surface area contributed by atoms with Crippen LogP contribution in [0.5, 0.6) is 0 Å². The smallest absolute Gasteiger partial charge is 0.350 e. The van der Waals surface area contributed by atoms with Gasteiger partial charge in [-0.05, 0) is 42.4 Å². The highest BCUT2D eigenvalue weighted by Crippen LogP contribution is 2.24. The topological polar surface area (TPSA) is 41.6 Å². The lowest BCUT2D eigenvalue weighted by Crippen LogP contribution is -2.41. The van der Waals surface area contributed by atoms with Crippen molar-refractivity contribution >= 4 is 40.3 Å². The lowest BCUT2D eigenvalue weighted by atomic mass is 10.0. The normalized spacial score (nSPS) is 19.1. The first-order valence-electron chi connectivity index (χ1n) is 6.33. The van der Waals surface area contributed by atoms with E-state index in [9.17, 15) is 4.79 Å². The second kappa shape index (κ2) is 6.34. The molecule has 1 N–H and O–H groups in total. The van der Waals surface area contributed by atoms with Crippen molar-refractivity contribution < 1.29 is 9.53 Å². The number of hydrogen-bond acceptors (Lipinski definition) is 4. The van der Waals surface area contributed by atoms with Gasteiger partial charge in [0.2, 0.25) is 0 Å². The van der Waals surface area contributed by atoms with Gasteiger partial charge in [-0.2, -0.15) is 0 Å². The summed E-state index contributed by atoms with van der Waals surface area (Å²) in [6.07, 6.45) is 2.42. The molecule has 2 rings (SSSR count). The maximum absolute atomic E-state index is 11.6. The quantitative estimate of drug-likeness (QED) is 0.671. The predicted octanol–water partition coefficient (Wildman–Crippen LogP) is 2.96. The summed E-state index contributed by atoms with van der Waals surface area (Å²) in [5.74, 6) is 0.336. The van der Waals surface area contributed by atoms with Gasteiger partial charge in [-0.25, -0.2) is 4.79 Å². The average Bonchev–Trinajstić information content (AvgIpc) is 2.86. The number of carbonyl (C=O) groups is 1. The summed E-state index contributed by atoms with van der Waals surface area (Å²) in [5, 5.41) is 5.71. The number of thiocarbonyl (C=S) groups is 1. The van der Waals surface area contributed by atoms with E-state index < -0.39 is 0 Å². The van der Waals surface area contributed by atoms with Crippen molar-refractivity contribution in [1.29, 1.82) is 0 Å². The largest absolute Gasteiger partial charge is 0.465 e. The highest BCUT2D eigenvalue weighted by molar-refractivity contribution is 7.80. The Bertz CT molecular complexity index is 473. The van der Waals surface area contributed by atoms with E-state index in [1.807, 2.05) is 11.4 Å². The fourth-order valence-corrected chi connectivity index (χ4v) is 3.27. The zero-order chi connectivity index (χ0) is 13.8. The monoisotopic (exact) mass is 298 g/mol. The van der Waals surface area contributed by atoms with Crippen molar-refractivity contribution in [2.45, 2.75) is 19.8 Å². The van der Waals surface area contributed by atoms with Crippen molar-refractivity contribution in [3.63, 3.8) is 0 Å². The van der Waals surface area contributed by atoms with Crippen molar-refractivity contribution in [2.24, 2.45) is 5.92 Å². The molecule has 0 radical (unpaired) electrons. The van der Waals surface area contributed by atoms with E-state index in [-0.39, 0.29) is 5.97 Å². The minimum absolute atomic E-state index is 0.327. The zero-order valence-electron chi connectivity index (χ0n) is 11.1. The Morgan fingerprint density at radius 1 is 1.63 bits per heavy atom. The van der Waals surface area contributed by atoms with Crippen LogP contribution in [0.4, 0.5) is 5.69 Å². The molecule has 0 aromatic carbocycles. The standard InChI is InChI=1S/C13H18N2O2S2/c1-9-4-3-6-15(8-9)13(18)14-10-5-7-19-11(10)12(16)17-2/h5,7,9H,3-4,6,8H2,1-2H3,(H,14,18)/t9-/m1/s1. The average molecular weight is 298 g/mol. The van der Waals surface area contributed by atoms with Gasteiger partial charge in [0.15, 0.2) is 5.11 Å². The number of rotatable bonds is 2. The van der Waals surface area contributed by atoms with Crippen molar-refractivity contribution in [3.8, 4) is 0 Å². The number of nitrogens with zero attached hydrogens (tertiary/aromatic N) is 1. The molecule has 0 saturated carbocycles. The number of thiophene rings is 1. The van der Waals surface area contributed by atoms with Crippen LogP contribution in [0.25, 0.3) is 0 Å². The van der Waals surface area contributed by atoms with Crippen LogP contribution in [-0.2, 0) is 4.74 Å². The number of nitrogens with one attached hydrogen (secondary N) is 1. The van der Waals surface area contributed by atoms with E-state index in [0.717, 1.165) is 25.2 Å². The molecule has 1 aromatic heterocycles. The second-order valence-corrected chi connectivity index (χ2v) is 6.08. The number of methoxy groups -OCH3 is 1. The number of hydrogen-bond donors (Lipinski definition) is 1. The highest BCUT2D eigenvalue weighted by atomic mass is 32.1. The molecule has 0 spiro atoms. The Hall–Kier alpha value is -1.14. The maximum Gasteiger partial charge on any atom is 0.350 e. The van der Waals surface area contributed by atoms with Gasteiger partial charge < -0.3 is 15.0 Å². The third-order valence-corrected chi connectivity index (χ3v) is 4.48. The van der Waals surface area contributed by atoms with E-state index in [1.54, 1.807) is 0 Å². The Kier molecular flexibility index (Phi) is 4.76. The molecule has 0 amide bonds. The summed E-state index contributed by atoms with van der Waals surface area (Å²) >= 11 is 6.78. The van der Waals surface area contributed by atoms with Crippen LogP contribution in [0, 0.1) is 5.92 Å². The molecule has 1 aromatic rings. The van der Waals surface area contributed by atoms with E-state index in [2.05, 4.69) is 17.1 Å². The van der Waals surface area contributed by atoms with Crippen molar-refractivity contribution in [3.05, 3.63) is 16.3 Å². The molecule has 19 heavy (non-hydrogen) atoms. The number of esters is 1. The third kappa shape index (κ3) is 3.45. The second-order valence-electron chi connectivity index (χ2n) is 4.78. The van der Waals surface area contributed by atoms with Crippen LogP contribution in [0.1, 0.15) is 29.4 Å². The van der Waals surface area contributed by atoms with Gasteiger partial charge >= 0.3 is 5.97 Å². The van der Waals surface area contributed by atoms with Crippen LogP contribution in [0.2, 0.25) is 0 Å². The number of likely N-dealkylation sites (tertiary alicyclic amines) is 1. The SMILES string of the molecule is COC(=O)c1sccc1NC(=S)N1CCC[C@@H](C)C1. The van der Waals surface area contributed by atoms with Gasteiger partial charge in [0.25, 0.3) is 0 Å². The van der Waals surface area contributed by atoms with E-state index >= 15 is 0 Å². The number of carbonyl (C=O) groups excluding carboxylic acids is 1. The van der Waals surface area contributed by atoms with Crippen LogP contribution in [0.15, 0.2) is 11.4 Å². The zero-order valence-corrected chi connectivity index (χ0v) is 12.8. The molecule has 104 valence electrons. The van der Waals surface area contributed by atoms with Crippen LogP contribution in [-0.4, -0.2) is 36.2 Å². The minimum Gasteiger partial charge on any atom is -0.465 e. The molecule has 0 aliphatic carbocycles. The lowest BCUT2D eigenvalue weighted by molar-refractivity contribution is 0.0607. The van der Waals surface area contributed by atoms with Crippen LogP contribution >= 0.6 is 23.6 Å². The summed E-state index contributed by atoms with van der Waals surface area (Å²) in [6, 6.07) is 1.86. The molecule has 6 heteroatoms. The van der Waals surface area contributed by atoms with E-state index in [4.69, 9.17) is 17.0 Å². The number of ether oxygens (including phenoxy) is 1. The summed E-state index contributed by atoms with van der Waals surface area (Å²) < 4.78 is 4.75. The van der Waals surface area contributed by atoms with Gasteiger partial charge in [-0.15, -0.1) is 11.3 Å². The molecule has 4 nitrogen and oxygen atoms in total. The Labute approximate surface area is 122 Å². The summed E-state index contributed by atoms with van der Waals surface area (Å²) in [5.41, 5.74) is 0.736. The van der Waals surface area contributed by atoms with Gasteiger partial charge in [-0.3, -0.25) is 0 Å². The van der Waals surface area contributed by atoms with Crippen molar-refractivity contribution in [2.75, 3.05) is 25.5 Å². The molecular weight excluding hydrogens is 280 g/mol. The fourth-order valence-electron chi connectivity index (χ4n) is 2.23. The number of piperidine rings is 1. The molecule has 1 aliphatic heterocycles. The molecular formula is C13H18N2O2S2. The first-order valence-corrected chi connectivity index (χ1v) is 7.62. The lowest BCUT2D eigenvalue weighted by Gasteiger charge is -2.33. The maximum atomic E-state index is 11.6.